The van der Waals surface area contributed by atoms with Gasteiger partial charge in [-0.2, -0.15) is 0 Å². The molecule has 4 rings (SSSR count). The Hall–Kier alpha value is -2.61. The standard InChI is InChI=1S/C22H16Cl2F2N4O2S/c23-14-5-13(9-31)20(24)19(6-14)33-30-18-4-3-17(25)16(21(18)26)2-1-12-7-27-22(28-8-12)29-15-10-32-11-15/h3-8,15,30-31H,9-11H2,(H,27,28,29). The van der Waals surface area contributed by atoms with Gasteiger partial charge in [0, 0.05) is 22.3 Å². The summed E-state index contributed by atoms with van der Waals surface area (Å²) in [5.74, 6) is 3.95. The molecule has 0 aliphatic carbocycles. The Morgan fingerprint density at radius 2 is 1.91 bits per heavy atom. The van der Waals surface area contributed by atoms with E-state index in [1.54, 1.807) is 6.07 Å². The number of aliphatic hydroxyl groups is 1. The number of aromatic nitrogens is 2. The van der Waals surface area contributed by atoms with E-state index in [2.05, 4.69) is 31.8 Å². The van der Waals surface area contributed by atoms with E-state index in [1.165, 1.54) is 24.5 Å². The van der Waals surface area contributed by atoms with Gasteiger partial charge in [-0.3, -0.25) is 0 Å². The molecule has 1 aromatic heterocycles. The summed E-state index contributed by atoms with van der Waals surface area (Å²) in [6, 6.07) is 5.64. The molecule has 3 aromatic rings. The Morgan fingerprint density at radius 3 is 2.58 bits per heavy atom. The van der Waals surface area contributed by atoms with Crippen molar-refractivity contribution in [3.8, 4) is 11.8 Å². The highest BCUT2D eigenvalue weighted by atomic mass is 35.5. The van der Waals surface area contributed by atoms with E-state index in [0.29, 0.717) is 40.2 Å². The van der Waals surface area contributed by atoms with Gasteiger partial charge in [-0.05, 0) is 41.8 Å². The number of hydrogen-bond acceptors (Lipinski definition) is 7. The molecule has 170 valence electrons. The fraction of sp³-hybridized carbons (Fsp3) is 0.182. The van der Waals surface area contributed by atoms with Crippen molar-refractivity contribution in [3.05, 3.63) is 75.0 Å². The van der Waals surface area contributed by atoms with Crippen LogP contribution in [0, 0.1) is 23.5 Å². The summed E-state index contributed by atoms with van der Waals surface area (Å²) in [5.41, 5.74) is 0.441. The first-order valence-electron chi connectivity index (χ1n) is 9.62. The maximum Gasteiger partial charge on any atom is 0.223 e. The molecule has 2 aromatic carbocycles. The van der Waals surface area contributed by atoms with Crippen LogP contribution in [0.25, 0.3) is 0 Å². The number of aliphatic hydroxyl groups excluding tert-OH is 1. The van der Waals surface area contributed by atoms with Crippen molar-refractivity contribution in [1.29, 1.82) is 0 Å². The lowest BCUT2D eigenvalue weighted by atomic mass is 10.1. The molecule has 3 N–H and O–H groups in total. The number of hydrogen-bond donors (Lipinski definition) is 3. The van der Waals surface area contributed by atoms with Crippen LogP contribution in [0.3, 0.4) is 0 Å². The molecule has 0 saturated carbocycles. The molecule has 33 heavy (non-hydrogen) atoms. The number of anilines is 2. The molecule has 1 aliphatic rings. The molecule has 0 atom stereocenters. The highest BCUT2D eigenvalue weighted by molar-refractivity contribution is 8.00. The molecule has 6 nitrogen and oxygen atoms in total. The number of halogens is 4. The quantitative estimate of drug-likeness (QED) is 0.323. The van der Waals surface area contributed by atoms with Crippen LogP contribution in [-0.4, -0.2) is 34.3 Å². The minimum Gasteiger partial charge on any atom is -0.392 e. The highest BCUT2D eigenvalue weighted by Crippen LogP contribution is 2.35. The van der Waals surface area contributed by atoms with Crippen LogP contribution >= 0.6 is 35.1 Å². The molecule has 2 heterocycles. The summed E-state index contributed by atoms with van der Waals surface area (Å²) in [6.07, 6.45) is 2.94. The van der Waals surface area contributed by atoms with Crippen molar-refractivity contribution in [2.75, 3.05) is 23.3 Å². The normalized spacial score (nSPS) is 13.1. The fourth-order valence-electron chi connectivity index (χ4n) is 2.77. The third-order valence-electron chi connectivity index (χ3n) is 4.57. The van der Waals surface area contributed by atoms with Crippen molar-refractivity contribution in [2.45, 2.75) is 17.5 Å². The smallest absolute Gasteiger partial charge is 0.223 e. The lowest BCUT2D eigenvalue weighted by Crippen LogP contribution is -2.40. The zero-order valence-electron chi connectivity index (χ0n) is 16.8. The highest BCUT2D eigenvalue weighted by Gasteiger charge is 2.18. The van der Waals surface area contributed by atoms with E-state index < -0.39 is 17.2 Å². The molecule has 0 unspecified atom stereocenters. The molecular weight excluding hydrogens is 493 g/mol. The van der Waals surface area contributed by atoms with Crippen molar-refractivity contribution in [2.24, 2.45) is 0 Å². The monoisotopic (exact) mass is 508 g/mol. The maximum absolute atomic E-state index is 14.9. The van der Waals surface area contributed by atoms with Gasteiger partial charge < -0.3 is 19.9 Å². The number of benzene rings is 2. The molecular formula is C22H16Cl2F2N4O2S. The average Bonchev–Trinajstić information content (AvgIpc) is 2.78. The molecule has 0 bridgehead atoms. The first-order chi connectivity index (χ1) is 15.9. The Bertz CT molecular complexity index is 1230. The zero-order chi connectivity index (χ0) is 23.4. The Morgan fingerprint density at radius 1 is 1.15 bits per heavy atom. The average molecular weight is 509 g/mol. The zero-order valence-corrected chi connectivity index (χ0v) is 19.2. The minimum absolute atomic E-state index is 0.00538. The molecule has 1 aliphatic heterocycles. The van der Waals surface area contributed by atoms with Gasteiger partial charge in [0.1, 0.15) is 5.82 Å². The summed E-state index contributed by atoms with van der Waals surface area (Å²) in [4.78, 5) is 8.76. The Kier molecular flexibility index (Phi) is 7.53. The first-order valence-corrected chi connectivity index (χ1v) is 11.2. The van der Waals surface area contributed by atoms with E-state index in [4.69, 9.17) is 27.9 Å². The van der Waals surface area contributed by atoms with Crippen LogP contribution in [0.2, 0.25) is 10.0 Å². The number of nitrogens with zero attached hydrogens (tertiary/aromatic N) is 2. The van der Waals surface area contributed by atoms with Gasteiger partial charge in [-0.25, -0.2) is 18.7 Å². The van der Waals surface area contributed by atoms with Gasteiger partial charge in [0.25, 0.3) is 0 Å². The maximum atomic E-state index is 14.9. The number of rotatable bonds is 6. The van der Waals surface area contributed by atoms with E-state index in [0.717, 1.165) is 18.0 Å². The molecule has 0 radical (unpaired) electrons. The molecule has 0 amide bonds. The largest absolute Gasteiger partial charge is 0.392 e. The molecule has 0 spiro atoms. The topological polar surface area (TPSA) is 79.3 Å². The van der Waals surface area contributed by atoms with Crippen LogP contribution < -0.4 is 10.0 Å². The third-order valence-corrected chi connectivity index (χ3v) is 6.21. The van der Waals surface area contributed by atoms with Gasteiger partial charge in [0.2, 0.25) is 5.95 Å². The number of ether oxygens (including phenoxy) is 1. The summed E-state index contributed by atoms with van der Waals surface area (Å²) in [7, 11) is 0. The molecule has 11 heteroatoms. The van der Waals surface area contributed by atoms with Gasteiger partial charge in [-0.15, -0.1) is 0 Å². The predicted molar refractivity (Wildman–Crippen MR) is 124 cm³/mol. The van der Waals surface area contributed by atoms with Crippen LogP contribution in [-0.2, 0) is 11.3 Å². The summed E-state index contributed by atoms with van der Waals surface area (Å²) >= 11 is 13.2. The van der Waals surface area contributed by atoms with Crippen molar-refractivity contribution < 1.29 is 18.6 Å². The summed E-state index contributed by atoms with van der Waals surface area (Å²) < 4.78 is 37.1. The second kappa shape index (κ2) is 10.5. The van der Waals surface area contributed by atoms with Crippen LogP contribution in [0.1, 0.15) is 16.7 Å². The van der Waals surface area contributed by atoms with Gasteiger partial charge in [0.05, 0.1) is 47.7 Å². The Balaban J connectivity index is 1.50. The van der Waals surface area contributed by atoms with Crippen LogP contribution in [0.5, 0.6) is 0 Å². The second-order valence-corrected chi connectivity index (χ2v) is 8.61. The van der Waals surface area contributed by atoms with E-state index in [9.17, 15) is 13.9 Å². The van der Waals surface area contributed by atoms with E-state index in [-0.39, 0.29) is 23.4 Å². The summed E-state index contributed by atoms with van der Waals surface area (Å²) in [5, 5.41) is 13.1. The lowest BCUT2D eigenvalue weighted by Gasteiger charge is -2.26. The first kappa shape index (κ1) is 23.5. The van der Waals surface area contributed by atoms with Crippen molar-refractivity contribution >= 4 is 46.8 Å². The molecule has 1 saturated heterocycles. The van der Waals surface area contributed by atoms with Gasteiger partial charge in [-0.1, -0.05) is 35.0 Å². The SMILES string of the molecule is OCc1cc(Cl)cc(SNc2ccc(F)c(C#Cc3cnc(NC4COC4)nc3)c2F)c1Cl. The van der Waals surface area contributed by atoms with Crippen molar-refractivity contribution in [3.63, 3.8) is 0 Å². The van der Waals surface area contributed by atoms with Crippen LogP contribution in [0.15, 0.2) is 41.6 Å². The Labute approximate surface area is 202 Å². The van der Waals surface area contributed by atoms with E-state index >= 15 is 0 Å². The molecule has 1 fully saturated rings. The third kappa shape index (κ3) is 5.66. The predicted octanol–water partition coefficient (Wildman–Crippen LogP) is 4.88. The second-order valence-electron chi connectivity index (χ2n) is 6.95. The summed E-state index contributed by atoms with van der Waals surface area (Å²) in [6.45, 7) is 0.893. The lowest BCUT2D eigenvalue weighted by molar-refractivity contribution is 0.0208. The van der Waals surface area contributed by atoms with Crippen molar-refractivity contribution in [1.82, 2.24) is 9.97 Å². The number of nitrogens with one attached hydrogen (secondary N) is 2. The fourth-order valence-corrected chi connectivity index (χ4v) is 4.14. The van der Waals surface area contributed by atoms with Crippen LogP contribution in [0.4, 0.5) is 20.4 Å². The van der Waals surface area contributed by atoms with Gasteiger partial charge in [0.15, 0.2) is 5.82 Å². The van der Waals surface area contributed by atoms with E-state index in [1.807, 2.05) is 0 Å². The van der Waals surface area contributed by atoms with Gasteiger partial charge >= 0.3 is 0 Å². The minimum atomic E-state index is -0.861.